The quantitative estimate of drug-likeness (QED) is 0.562. The largest absolute Gasteiger partial charge is 0.489 e. The fourth-order valence-corrected chi connectivity index (χ4v) is 2.43. The summed E-state index contributed by atoms with van der Waals surface area (Å²) in [6.45, 7) is 3.77. The molecule has 1 unspecified atom stereocenters. The molecule has 26 heavy (non-hydrogen) atoms. The first-order valence-corrected chi connectivity index (χ1v) is 8.54. The molecule has 140 valence electrons. The molecule has 0 bridgehead atoms. The Morgan fingerprint density at radius 3 is 2.54 bits per heavy atom. The Labute approximate surface area is 154 Å². The molecular formula is C20H26FN3O2. The van der Waals surface area contributed by atoms with Gasteiger partial charge >= 0.3 is 0 Å². The van der Waals surface area contributed by atoms with Crippen molar-refractivity contribution in [2.75, 3.05) is 20.7 Å². The molecule has 0 heterocycles. The van der Waals surface area contributed by atoms with E-state index in [0.717, 1.165) is 11.1 Å². The maximum absolute atomic E-state index is 12.9. The van der Waals surface area contributed by atoms with Crippen LogP contribution in [0, 0.1) is 5.82 Å². The van der Waals surface area contributed by atoms with E-state index in [1.807, 2.05) is 19.1 Å². The van der Waals surface area contributed by atoms with Crippen molar-refractivity contribution in [2.45, 2.75) is 26.2 Å². The minimum atomic E-state index is -0.276. The molecule has 0 saturated heterocycles. The fourth-order valence-electron chi connectivity index (χ4n) is 2.43. The minimum absolute atomic E-state index is 0.0935. The van der Waals surface area contributed by atoms with E-state index in [1.165, 1.54) is 12.1 Å². The van der Waals surface area contributed by atoms with Crippen LogP contribution in [0.4, 0.5) is 4.39 Å². The van der Waals surface area contributed by atoms with Crippen molar-refractivity contribution < 1.29 is 13.9 Å². The van der Waals surface area contributed by atoms with Gasteiger partial charge in [0.2, 0.25) is 0 Å². The summed E-state index contributed by atoms with van der Waals surface area (Å²) in [5.41, 5.74) is 2.29. The zero-order valence-electron chi connectivity index (χ0n) is 15.5. The molecule has 2 rings (SSSR count). The van der Waals surface area contributed by atoms with Crippen molar-refractivity contribution in [2.24, 2.45) is 4.99 Å². The smallest absolute Gasteiger partial charge is 0.191 e. The van der Waals surface area contributed by atoms with Gasteiger partial charge in [-0.05, 0) is 42.3 Å². The summed E-state index contributed by atoms with van der Waals surface area (Å²) in [5.74, 6) is 1.05. The molecule has 1 atom stereocenters. The molecule has 2 aromatic rings. The number of halogens is 1. The first kappa shape index (κ1) is 19.7. The Hall–Kier alpha value is -2.60. The van der Waals surface area contributed by atoms with Gasteiger partial charge in [0.15, 0.2) is 5.96 Å². The molecule has 0 spiro atoms. The number of aliphatic imine (C=N–C) groups is 1. The summed E-state index contributed by atoms with van der Waals surface area (Å²) in [4.78, 5) is 4.22. The van der Waals surface area contributed by atoms with E-state index in [4.69, 9.17) is 9.47 Å². The lowest BCUT2D eigenvalue weighted by Gasteiger charge is -2.18. The van der Waals surface area contributed by atoms with Crippen molar-refractivity contribution in [3.63, 3.8) is 0 Å². The molecule has 6 heteroatoms. The van der Waals surface area contributed by atoms with Gasteiger partial charge < -0.3 is 20.1 Å². The summed E-state index contributed by atoms with van der Waals surface area (Å²) in [5, 5.41) is 6.50. The maximum Gasteiger partial charge on any atom is 0.191 e. The Balaban J connectivity index is 1.78. The number of benzene rings is 2. The molecule has 2 aromatic carbocycles. The Morgan fingerprint density at radius 2 is 1.85 bits per heavy atom. The predicted molar refractivity (Wildman–Crippen MR) is 102 cm³/mol. The average molecular weight is 359 g/mol. The third kappa shape index (κ3) is 6.72. The van der Waals surface area contributed by atoms with Crippen LogP contribution in [0.25, 0.3) is 0 Å². The summed E-state index contributed by atoms with van der Waals surface area (Å²) in [6.07, 6.45) is -0.0935. The van der Waals surface area contributed by atoms with Crippen LogP contribution in [0.2, 0.25) is 0 Å². The number of methoxy groups -OCH3 is 1. The molecule has 0 aromatic heterocycles. The Bertz CT molecular complexity index is 704. The number of rotatable bonds is 8. The monoisotopic (exact) mass is 359 g/mol. The molecule has 0 radical (unpaired) electrons. The lowest BCUT2D eigenvalue weighted by atomic mass is 10.1. The van der Waals surface area contributed by atoms with Gasteiger partial charge in [-0.25, -0.2) is 4.39 Å². The molecule has 0 saturated carbocycles. The van der Waals surface area contributed by atoms with E-state index in [0.29, 0.717) is 31.4 Å². The highest BCUT2D eigenvalue weighted by atomic mass is 19.1. The molecule has 0 aliphatic rings. The second-order valence-corrected chi connectivity index (χ2v) is 5.94. The van der Waals surface area contributed by atoms with Crippen molar-refractivity contribution >= 4 is 5.96 Å². The van der Waals surface area contributed by atoms with E-state index in [1.54, 1.807) is 26.3 Å². The van der Waals surface area contributed by atoms with Gasteiger partial charge in [0.05, 0.1) is 13.2 Å². The van der Waals surface area contributed by atoms with Crippen molar-refractivity contribution in [3.8, 4) is 5.75 Å². The molecule has 0 fully saturated rings. The Kier molecular flexibility index (Phi) is 7.89. The summed E-state index contributed by atoms with van der Waals surface area (Å²) < 4.78 is 23.8. The summed E-state index contributed by atoms with van der Waals surface area (Å²) in [6, 6.07) is 14.2. The van der Waals surface area contributed by atoms with Crippen LogP contribution in [-0.2, 0) is 17.9 Å². The number of nitrogens with zero attached hydrogens (tertiary/aromatic N) is 1. The number of hydrogen-bond donors (Lipinski definition) is 2. The number of hydrogen-bond acceptors (Lipinski definition) is 3. The summed E-state index contributed by atoms with van der Waals surface area (Å²) in [7, 11) is 3.41. The van der Waals surface area contributed by atoms with Gasteiger partial charge in [-0.15, -0.1) is 0 Å². The van der Waals surface area contributed by atoms with Crippen molar-refractivity contribution in [1.82, 2.24) is 10.6 Å². The first-order chi connectivity index (χ1) is 12.6. The minimum Gasteiger partial charge on any atom is -0.489 e. The van der Waals surface area contributed by atoms with Crippen LogP contribution in [0.3, 0.4) is 0 Å². The Morgan fingerprint density at radius 1 is 1.12 bits per heavy atom. The topological polar surface area (TPSA) is 54.9 Å². The van der Waals surface area contributed by atoms with Crippen molar-refractivity contribution in [3.05, 3.63) is 65.5 Å². The molecule has 2 N–H and O–H groups in total. The third-order valence-corrected chi connectivity index (χ3v) is 3.69. The van der Waals surface area contributed by atoms with Gasteiger partial charge in [0, 0.05) is 20.7 Å². The highest BCUT2D eigenvalue weighted by Gasteiger charge is 2.06. The molecule has 0 aliphatic heterocycles. The first-order valence-electron chi connectivity index (χ1n) is 8.54. The van der Waals surface area contributed by atoms with Crippen LogP contribution in [0.1, 0.15) is 18.1 Å². The van der Waals surface area contributed by atoms with Crippen molar-refractivity contribution in [1.29, 1.82) is 0 Å². The van der Waals surface area contributed by atoms with Gasteiger partial charge in [0.25, 0.3) is 0 Å². The second-order valence-electron chi connectivity index (χ2n) is 5.94. The number of ether oxygens (including phenoxy) is 2. The van der Waals surface area contributed by atoms with Crippen LogP contribution in [0.5, 0.6) is 5.75 Å². The van der Waals surface area contributed by atoms with Gasteiger partial charge in [-0.3, -0.25) is 4.99 Å². The molecule has 0 amide bonds. The third-order valence-electron chi connectivity index (χ3n) is 3.69. The predicted octanol–water partition coefficient (Wildman–Crippen LogP) is 3.10. The van der Waals surface area contributed by atoms with Crippen LogP contribution >= 0.6 is 0 Å². The van der Waals surface area contributed by atoms with E-state index in [9.17, 15) is 4.39 Å². The SMILES string of the molecule is CN=C(NCc1cccc(COC)c1)NCC(C)Oc1ccc(F)cc1. The normalized spacial score (nSPS) is 12.5. The lowest BCUT2D eigenvalue weighted by molar-refractivity contribution is 0.185. The number of nitrogens with one attached hydrogen (secondary N) is 2. The zero-order chi connectivity index (χ0) is 18.8. The summed E-state index contributed by atoms with van der Waals surface area (Å²) >= 11 is 0. The van der Waals surface area contributed by atoms with E-state index < -0.39 is 0 Å². The maximum atomic E-state index is 12.9. The van der Waals surface area contributed by atoms with E-state index in [2.05, 4.69) is 27.8 Å². The fraction of sp³-hybridized carbons (Fsp3) is 0.350. The average Bonchev–Trinajstić information content (AvgIpc) is 2.64. The molecular weight excluding hydrogens is 333 g/mol. The highest BCUT2D eigenvalue weighted by Crippen LogP contribution is 2.12. The second kappa shape index (κ2) is 10.4. The molecule has 0 aliphatic carbocycles. The van der Waals surface area contributed by atoms with Gasteiger partial charge in [-0.1, -0.05) is 24.3 Å². The zero-order valence-corrected chi connectivity index (χ0v) is 15.5. The van der Waals surface area contributed by atoms with Crippen LogP contribution in [-0.4, -0.2) is 32.8 Å². The lowest BCUT2D eigenvalue weighted by Crippen LogP contribution is -2.41. The highest BCUT2D eigenvalue weighted by molar-refractivity contribution is 5.79. The van der Waals surface area contributed by atoms with Gasteiger partial charge in [0.1, 0.15) is 17.7 Å². The van der Waals surface area contributed by atoms with E-state index >= 15 is 0 Å². The number of guanidine groups is 1. The van der Waals surface area contributed by atoms with E-state index in [-0.39, 0.29) is 11.9 Å². The van der Waals surface area contributed by atoms with Gasteiger partial charge in [-0.2, -0.15) is 0 Å². The molecule has 5 nitrogen and oxygen atoms in total. The standard InChI is InChI=1S/C20H26FN3O2/c1-15(26-19-9-7-18(21)8-10-19)12-23-20(22-2)24-13-16-5-4-6-17(11-16)14-25-3/h4-11,15H,12-14H2,1-3H3,(H2,22,23,24). The van der Waals surface area contributed by atoms with Crippen LogP contribution < -0.4 is 15.4 Å². The van der Waals surface area contributed by atoms with Crippen LogP contribution in [0.15, 0.2) is 53.5 Å².